The fourth-order valence-corrected chi connectivity index (χ4v) is 4.81. The molecule has 0 bridgehead atoms. The molecule has 0 unspecified atom stereocenters. The fourth-order valence-electron chi connectivity index (χ4n) is 2.12. The van der Waals surface area contributed by atoms with Crippen molar-refractivity contribution in [3.63, 3.8) is 0 Å². The van der Waals surface area contributed by atoms with Crippen molar-refractivity contribution in [3.05, 3.63) is 0 Å². The van der Waals surface area contributed by atoms with Crippen LogP contribution >= 0.6 is 0 Å². The molecule has 126 valence electrons. The van der Waals surface area contributed by atoms with Gasteiger partial charge in [0.1, 0.15) is 0 Å². The molecule has 0 aliphatic heterocycles. The molecular weight excluding hydrogens is 324 g/mol. The fraction of sp³-hybridized carbons (Fsp3) is 1.00. The van der Waals surface area contributed by atoms with Gasteiger partial charge in [0.2, 0.25) is 0 Å². The third-order valence-electron chi connectivity index (χ3n) is 2.93. The van der Waals surface area contributed by atoms with Crippen LogP contribution in [0.4, 0.5) is 0 Å². The quantitative estimate of drug-likeness (QED) is 0.366. The van der Waals surface area contributed by atoms with Crippen molar-refractivity contribution in [3.8, 4) is 0 Å². The average molecular weight is 356 g/mol. The Kier molecular flexibility index (Phi) is 20.8. The van der Waals surface area contributed by atoms with Gasteiger partial charge in [0, 0.05) is 25.9 Å². The van der Waals surface area contributed by atoms with Crippen molar-refractivity contribution in [2.75, 3.05) is 19.8 Å². The Bertz CT molecular complexity index is 230. The zero-order chi connectivity index (χ0) is 16.4. The molecule has 21 heavy (non-hydrogen) atoms. The van der Waals surface area contributed by atoms with Crippen molar-refractivity contribution in [1.82, 2.24) is 0 Å². The van der Waals surface area contributed by atoms with E-state index >= 15 is 0 Å². The third-order valence-corrected chi connectivity index (χ3v) is 6.08. The second-order valence-corrected chi connectivity index (χ2v) is 7.58. The first kappa shape index (κ1) is 23.7. The number of hydrogen-bond donors (Lipinski definition) is 0. The van der Waals surface area contributed by atoms with E-state index in [-0.39, 0.29) is 0 Å². The first-order valence-electron chi connectivity index (χ1n) is 8.07. The Morgan fingerprint density at radius 2 is 1.10 bits per heavy atom. The van der Waals surface area contributed by atoms with Gasteiger partial charge in [0.05, 0.1) is 0 Å². The SMILES string of the molecule is CCCCCCCC[Si](OCC)(OCC)OCC.[O]=[Ti]=[O]. The zero-order valence-electron chi connectivity index (χ0n) is 14.1. The molecule has 0 aliphatic rings. The number of unbranched alkanes of at least 4 members (excludes halogenated alkanes) is 5. The Balaban J connectivity index is 0. The summed E-state index contributed by atoms with van der Waals surface area (Å²) in [4.78, 5) is 0. The summed E-state index contributed by atoms with van der Waals surface area (Å²) in [5.74, 6) is 0. The molecule has 0 heterocycles. The topological polar surface area (TPSA) is 61.8 Å². The van der Waals surface area contributed by atoms with Crippen LogP contribution in [0, 0.1) is 0 Å². The summed E-state index contributed by atoms with van der Waals surface area (Å²) in [5.41, 5.74) is 0. The predicted molar refractivity (Wildman–Crippen MR) is 80.2 cm³/mol. The Labute approximate surface area is 140 Å². The van der Waals surface area contributed by atoms with Gasteiger partial charge >= 0.3 is 34.5 Å². The van der Waals surface area contributed by atoms with E-state index in [1.165, 1.54) is 32.1 Å². The third kappa shape index (κ3) is 15.1. The number of rotatable bonds is 13. The van der Waals surface area contributed by atoms with E-state index in [0.717, 1.165) is 12.5 Å². The van der Waals surface area contributed by atoms with Crippen molar-refractivity contribution >= 4 is 8.80 Å². The molecule has 0 amide bonds. The summed E-state index contributed by atoms with van der Waals surface area (Å²) in [6.07, 6.45) is 7.75. The molecule has 0 saturated carbocycles. The Morgan fingerprint density at radius 1 is 0.714 bits per heavy atom. The molecule has 0 spiro atoms. The van der Waals surface area contributed by atoms with Gasteiger partial charge in [-0.25, -0.2) is 0 Å². The molecule has 0 N–H and O–H groups in total. The van der Waals surface area contributed by atoms with Crippen LogP contribution in [0.3, 0.4) is 0 Å². The van der Waals surface area contributed by atoms with Crippen molar-refractivity contribution < 1.29 is 39.0 Å². The molecule has 0 aromatic carbocycles. The molecule has 0 saturated heterocycles. The van der Waals surface area contributed by atoms with Crippen molar-refractivity contribution in [2.24, 2.45) is 0 Å². The van der Waals surface area contributed by atoms with Crippen LogP contribution in [0.25, 0.3) is 0 Å². The van der Waals surface area contributed by atoms with E-state index in [1.54, 1.807) is 0 Å². The summed E-state index contributed by atoms with van der Waals surface area (Å²) in [6, 6.07) is 0.967. The van der Waals surface area contributed by atoms with E-state index in [2.05, 4.69) is 6.92 Å². The van der Waals surface area contributed by atoms with E-state index in [1.807, 2.05) is 20.8 Å². The van der Waals surface area contributed by atoms with Gasteiger partial charge in [-0.3, -0.25) is 0 Å². The van der Waals surface area contributed by atoms with Crippen LogP contribution in [-0.4, -0.2) is 28.6 Å². The van der Waals surface area contributed by atoms with E-state index in [4.69, 9.17) is 19.9 Å². The molecule has 0 radical (unpaired) electrons. The predicted octanol–water partition coefficient (Wildman–Crippen LogP) is 4.16. The molecule has 0 aromatic rings. The normalized spacial score (nSPS) is 10.7. The molecule has 0 aliphatic carbocycles. The molecule has 0 atom stereocenters. The van der Waals surface area contributed by atoms with Crippen molar-refractivity contribution in [1.29, 1.82) is 0 Å². The van der Waals surface area contributed by atoms with E-state index in [9.17, 15) is 0 Å². The minimum atomic E-state index is -2.36. The van der Waals surface area contributed by atoms with E-state index < -0.39 is 27.9 Å². The van der Waals surface area contributed by atoms with Crippen molar-refractivity contribution in [2.45, 2.75) is 72.3 Å². The van der Waals surface area contributed by atoms with Crippen LogP contribution in [0.5, 0.6) is 0 Å². The van der Waals surface area contributed by atoms with Crippen LogP contribution in [0.2, 0.25) is 6.04 Å². The van der Waals surface area contributed by atoms with Gasteiger partial charge in [-0.05, 0) is 27.2 Å². The summed E-state index contributed by atoms with van der Waals surface area (Å²) < 4.78 is 34.5. The van der Waals surface area contributed by atoms with Gasteiger partial charge in [-0.15, -0.1) is 0 Å². The summed E-state index contributed by atoms with van der Waals surface area (Å²) in [5, 5.41) is 0. The second-order valence-electron chi connectivity index (χ2n) is 4.58. The van der Waals surface area contributed by atoms with E-state index in [0.29, 0.717) is 19.8 Å². The first-order chi connectivity index (χ1) is 10.2. The Hall–Kier alpha value is 0.411. The maximum atomic E-state index is 8.50. The second kappa shape index (κ2) is 18.5. The van der Waals surface area contributed by atoms with Gasteiger partial charge in [-0.1, -0.05) is 39.0 Å². The first-order valence-corrected chi connectivity index (χ1v) is 11.3. The molecule has 7 heteroatoms. The standard InChI is InChI=1S/C14H32O3Si.2O.Ti/c1-5-9-10-11-12-13-14-18(15-6-2,16-7-3)17-8-4;;;/h5-14H2,1-4H3;;;. The van der Waals surface area contributed by atoms with Crippen LogP contribution < -0.4 is 0 Å². The minimum absolute atomic E-state index is 0.683. The summed E-state index contributed by atoms with van der Waals surface area (Å²) >= 11 is -2.00. The summed E-state index contributed by atoms with van der Waals surface area (Å²) in [7, 11) is -2.36. The zero-order valence-corrected chi connectivity index (χ0v) is 16.7. The molecular formula is C14H32O5SiTi. The van der Waals surface area contributed by atoms with Gasteiger partial charge in [-0.2, -0.15) is 0 Å². The molecule has 0 aromatic heterocycles. The van der Waals surface area contributed by atoms with Gasteiger partial charge < -0.3 is 13.3 Å². The monoisotopic (exact) mass is 356 g/mol. The van der Waals surface area contributed by atoms with Crippen LogP contribution in [0.1, 0.15) is 66.2 Å². The van der Waals surface area contributed by atoms with Gasteiger partial charge in [0.15, 0.2) is 0 Å². The molecule has 0 rings (SSSR count). The molecule has 5 nitrogen and oxygen atoms in total. The van der Waals surface area contributed by atoms with Crippen LogP contribution in [0.15, 0.2) is 0 Å². The van der Waals surface area contributed by atoms with Gasteiger partial charge in [0.25, 0.3) is 0 Å². The van der Waals surface area contributed by atoms with Crippen LogP contribution in [-0.2, 0) is 39.0 Å². The number of hydrogen-bond acceptors (Lipinski definition) is 5. The Morgan fingerprint density at radius 3 is 1.48 bits per heavy atom. The average Bonchev–Trinajstić information content (AvgIpc) is 2.44. The molecule has 0 fully saturated rings. The maximum absolute atomic E-state index is 8.50. The summed E-state index contributed by atoms with van der Waals surface area (Å²) in [6.45, 7) is 10.3.